The van der Waals surface area contributed by atoms with Crippen molar-refractivity contribution >= 4 is 0 Å². The van der Waals surface area contributed by atoms with Crippen molar-refractivity contribution < 1.29 is 26.2 Å². The zero-order valence-corrected chi connectivity index (χ0v) is 11.1. The maximum absolute atomic E-state index is 3.49. The van der Waals surface area contributed by atoms with Crippen molar-refractivity contribution in [2.75, 3.05) is 0 Å². The van der Waals surface area contributed by atoms with Crippen LogP contribution in [0, 0.1) is 6.92 Å². The smallest absolute Gasteiger partial charge is 0.344 e. The topological polar surface area (TPSA) is 0 Å². The summed E-state index contributed by atoms with van der Waals surface area (Å²) in [5.41, 5.74) is 0. The van der Waals surface area contributed by atoms with Gasteiger partial charge >= 0.3 is 26.2 Å². The van der Waals surface area contributed by atoms with Gasteiger partial charge in [-0.3, -0.25) is 0 Å². The van der Waals surface area contributed by atoms with Crippen LogP contribution in [0.1, 0.15) is 13.3 Å². The van der Waals surface area contributed by atoms with E-state index in [9.17, 15) is 0 Å². The van der Waals surface area contributed by atoms with Crippen LogP contribution < -0.4 is 0 Å². The van der Waals surface area contributed by atoms with Gasteiger partial charge in [-0.05, 0) is 0 Å². The van der Waals surface area contributed by atoms with E-state index in [-0.39, 0.29) is 26.2 Å². The van der Waals surface area contributed by atoms with Crippen LogP contribution in [0.3, 0.4) is 0 Å². The predicted octanol–water partition coefficient (Wildman–Crippen LogP) is 4.04. The molecule has 0 aliphatic rings. The van der Waals surface area contributed by atoms with Gasteiger partial charge in [-0.25, -0.2) is 24.3 Å². The summed E-state index contributed by atoms with van der Waals surface area (Å²) >= 11 is 0. The Morgan fingerprint density at radius 1 is 0.857 bits per heavy atom. The molecule has 2 aromatic carbocycles. The van der Waals surface area contributed by atoms with Crippen LogP contribution >= 0.6 is 0 Å². The fourth-order valence-corrected chi connectivity index (χ4v) is 0.642. The van der Waals surface area contributed by atoms with E-state index in [1.807, 2.05) is 67.6 Å². The van der Waals surface area contributed by atoms with Crippen LogP contribution in [0.5, 0.6) is 0 Å². The van der Waals surface area contributed by atoms with Crippen LogP contribution in [0.4, 0.5) is 0 Å². The Balaban J connectivity index is 0. The number of rotatable bonds is 0. The largest absolute Gasteiger partial charge is 3.00 e. The molecule has 0 N–H and O–H groups in total. The van der Waals surface area contributed by atoms with Crippen LogP contribution in [0.15, 0.2) is 60.7 Å². The zero-order chi connectivity index (χ0) is 9.78. The van der Waals surface area contributed by atoms with E-state index in [4.69, 9.17) is 0 Å². The minimum atomic E-state index is 0. The summed E-state index contributed by atoms with van der Waals surface area (Å²) in [5, 5.41) is 0. The van der Waals surface area contributed by atoms with E-state index in [2.05, 4.69) is 6.92 Å². The van der Waals surface area contributed by atoms with Crippen LogP contribution in [-0.2, 0) is 26.2 Å². The van der Waals surface area contributed by atoms with Crippen LogP contribution in [0.2, 0.25) is 0 Å². The summed E-state index contributed by atoms with van der Waals surface area (Å²) in [6, 6.07) is 20.0. The van der Waals surface area contributed by atoms with Gasteiger partial charge in [0.15, 0.2) is 0 Å². The molecular weight excluding hydrogens is 247 g/mol. The summed E-state index contributed by atoms with van der Waals surface area (Å²) in [6.45, 7) is 5.50. The quantitative estimate of drug-likeness (QED) is 0.630. The van der Waals surface area contributed by atoms with Crippen molar-refractivity contribution in [3.05, 3.63) is 67.6 Å². The molecule has 0 spiro atoms. The minimum absolute atomic E-state index is 0. The Kier molecular flexibility index (Phi) is 17.3. The van der Waals surface area contributed by atoms with Crippen molar-refractivity contribution in [2.24, 2.45) is 0 Å². The molecule has 0 aliphatic heterocycles. The number of hydrogen-bond acceptors (Lipinski definition) is 0. The fourth-order valence-electron chi connectivity index (χ4n) is 0.642. The maximum Gasteiger partial charge on any atom is 3.00 e. The normalized spacial score (nSPS) is 7.00. The Hall–Kier alpha value is -0.417. The van der Waals surface area contributed by atoms with Crippen LogP contribution in [-0.4, -0.2) is 0 Å². The van der Waals surface area contributed by atoms with Gasteiger partial charge in [0, 0.05) is 0 Å². The summed E-state index contributed by atoms with van der Waals surface area (Å²) in [5.74, 6) is 0. The Morgan fingerprint density at radius 3 is 1.14 bits per heavy atom. The van der Waals surface area contributed by atoms with Gasteiger partial charge in [-0.15, -0.1) is 0 Å². The standard InChI is InChI=1S/2C5H5.C3H7.Zr/c2*1-2-4-5-3-1;1-3-2;/h2*1-5H;1,3H2,2H3;/q3*-1;+3. The van der Waals surface area contributed by atoms with Gasteiger partial charge in [0.25, 0.3) is 0 Å². The van der Waals surface area contributed by atoms with Gasteiger partial charge < -0.3 is 6.92 Å². The Labute approximate surface area is 107 Å². The Bertz CT molecular complexity index is 157. The molecule has 14 heavy (non-hydrogen) atoms. The van der Waals surface area contributed by atoms with Crippen molar-refractivity contribution in [3.63, 3.8) is 0 Å². The van der Waals surface area contributed by atoms with Gasteiger partial charge in [-0.1, -0.05) is 6.92 Å². The van der Waals surface area contributed by atoms with E-state index in [0.717, 1.165) is 6.42 Å². The molecule has 0 saturated heterocycles. The van der Waals surface area contributed by atoms with Gasteiger partial charge in [0.2, 0.25) is 0 Å². The van der Waals surface area contributed by atoms with E-state index in [1.54, 1.807) is 0 Å². The van der Waals surface area contributed by atoms with Crippen molar-refractivity contribution in [1.29, 1.82) is 0 Å². The maximum atomic E-state index is 3.49. The first-order valence-corrected chi connectivity index (χ1v) is 4.54. The first kappa shape index (κ1) is 16.0. The first-order chi connectivity index (χ1) is 6.41. The zero-order valence-electron chi connectivity index (χ0n) is 8.69. The molecule has 0 nitrogen and oxygen atoms in total. The van der Waals surface area contributed by atoms with E-state index < -0.39 is 0 Å². The third kappa shape index (κ3) is 14.1. The molecule has 0 saturated carbocycles. The molecule has 1 radical (unpaired) electrons. The second-order valence-electron chi connectivity index (χ2n) is 2.42. The third-order valence-electron chi connectivity index (χ3n) is 1.11. The predicted molar refractivity (Wildman–Crippen MR) is 59.7 cm³/mol. The van der Waals surface area contributed by atoms with E-state index >= 15 is 0 Å². The molecule has 0 bridgehead atoms. The molecule has 2 aromatic rings. The summed E-state index contributed by atoms with van der Waals surface area (Å²) in [6.07, 6.45) is 1.00. The molecule has 0 atom stereocenters. The van der Waals surface area contributed by atoms with Gasteiger partial charge in [0.1, 0.15) is 0 Å². The molecule has 0 unspecified atom stereocenters. The second kappa shape index (κ2) is 15.1. The monoisotopic (exact) mass is 263 g/mol. The summed E-state index contributed by atoms with van der Waals surface area (Å²) < 4.78 is 0. The molecule has 1 heteroatoms. The average Bonchev–Trinajstić information content (AvgIpc) is 2.85. The third-order valence-corrected chi connectivity index (χ3v) is 1.11. The molecular formula is C13H17Zr. The molecule has 73 valence electrons. The fraction of sp³-hybridized carbons (Fsp3) is 0.154. The van der Waals surface area contributed by atoms with Crippen LogP contribution in [0.25, 0.3) is 0 Å². The second-order valence-corrected chi connectivity index (χ2v) is 2.42. The molecule has 0 amide bonds. The molecule has 0 heterocycles. The molecule has 0 aliphatic carbocycles. The SMILES string of the molecule is [CH2-]CC.[Zr+3].c1cc[cH-]c1.c1cc[cH-]c1. The average molecular weight is 265 g/mol. The molecule has 2 rings (SSSR count). The van der Waals surface area contributed by atoms with Crippen molar-refractivity contribution in [3.8, 4) is 0 Å². The van der Waals surface area contributed by atoms with E-state index in [0.29, 0.717) is 0 Å². The summed E-state index contributed by atoms with van der Waals surface area (Å²) in [7, 11) is 0. The molecule has 0 aromatic heterocycles. The van der Waals surface area contributed by atoms with E-state index in [1.165, 1.54) is 0 Å². The Morgan fingerprint density at radius 2 is 1.07 bits per heavy atom. The van der Waals surface area contributed by atoms with Crippen molar-refractivity contribution in [1.82, 2.24) is 0 Å². The van der Waals surface area contributed by atoms with Gasteiger partial charge in [0.05, 0.1) is 0 Å². The van der Waals surface area contributed by atoms with Crippen molar-refractivity contribution in [2.45, 2.75) is 13.3 Å². The van der Waals surface area contributed by atoms with Gasteiger partial charge in [-0.2, -0.15) is 42.8 Å². The first-order valence-electron chi connectivity index (χ1n) is 4.54. The minimum Gasteiger partial charge on any atom is -0.344 e. The molecule has 0 fully saturated rings. The number of hydrogen-bond donors (Lipinski definition) is 0. The summed E-state index contributed by atoms with van der Waals surface area (Å²) in [4.78, 5) is 0.